The highest BCUT2D eigenvalue weighted by Gasteiger charge is 2.43. The number of amides is 1. The molecule has 13 heteroatoms. The molecule has 248 valence electrons. The Morgan fingerprint density at radius 1 is 1.19 bits per heavy atom. The van der Waals surface area contributed by atoms with Crippen molar-refractivity contribution in [3.05, 3.63) is 64.8 Å². The van der Waals surface area contributed by atoms with Crippen molar-refractivity contribution >= 4 is 39.8 Å². The fraction of sp³-hybridized carbons (Fsp3) is 0.471. The summed E-state index contributed by atoms with van der Waals surface area (Å²) >= 11 is 6.50. The Bertz CT molecular complexity index is 1740. The van der Waals surface area contributed by atoms with Gasteiger partial charge in [0.25, 0.3) is 5.91 Å². The maximum atomic E-state index is 14.6. The molecule has 3 aliphatic rings. The maximum absolute atomic E-state index is 14.6. The largest absolute Gasteiger partial charge is 0.463 e. The van der Waals surface area contributed by atoms with Crippen molar-refractivity contribution in [2.75, 3.05) is 83.4 Å². The number of hydrogen-bond acceptors (Lipinski definition) is 9. The van der Waals surface area contributed by atoms with Crippen LogP contribution in [0.5, 0.6) is 6.01 Å². The van der Waals surface area contributed by atoms with Crippen molar-refractivity contribution in [1.29, 1.82) is 5.26 Å². The molecule has 47 heavy (non-hydrogen) atoms. The van der Waals surface area contributed by atoms with Crippen LogP contribution in [0.4, 0.5) is 20.3 Å². The first-order valence-corrected chi connectivity index (χ1v) is 16.1. The van der Waals surface area contributed by atoms with Crippen LogP contribution in [0.15, 0.2) is 42.7 Å². The topological polar surface area (TPSA) is 92.1 Å². The molecule has 1 aromatic heterocycles. The highest BCUT2D eigenvalue weighted by molar-refractivity contribution is 6.36. The number of likely N-dealkylation sites (tertiary alicyclic amines) is 1. The van der Waals surface area contributed by atoms with Crippen LogP contribution in [0, 0.1) is 22.6 Å². The lowest BCUT2D eigenvalue weighted by atomic mass is 9.80. The molecular weight excluding hydrogens is 626 g/mol. The molecule has 2 aromatic carbocycles. The molecule has 1 amide bonds. The molecule has 2 saturated heterocycles. The summed E-state index contributed by atoms with van der Waals surface area (Å²) in [4.78, 5) is 32.4. The number of carbonyl (C=O) groups excluding carboxylic acids is 1. The molecule has 0 N–H and O–H groups in total. The second-order valence-corrected chi connectivity index (χ2v) is 13.6. The molecule has 6 rings (SSSR count). The lowest BCUT2D eigenvalue weighted by molar-refractivity contribution is -0.131. The first kappa shape index (κ1) is 32.9. The van der Waals surface area contributed by atoms with Gasteiger partial charge < -0.3 is 29.2 Å². The molecular formula is C34H39ClF2N8O2. The summed E-state index contributed by atoms with van der Waals surface area (Å²) < 4.78 is 34.9. The second-order valence-electron chi connectivity index (χ2n) is 13.2. The summed E-state index contributed by atoms with van der Waals surface area (Å²) in [5, 5.41) is 11.1. The van der Waals surface area contributed by atoms with Gasteiger partial charge in [-0.3, -0.25) is 4.79 Å². The Morgan fingerprint density at radius 3 is 2.68 bits per heavy atom. The van der Waals surface area contributed by atoms with Gasteiger partial charge in [0.1, 0.15) is 18.2 Å². The minimum Gasteiger partial charge on any atom is -0.463 e. The molecule has 0 spiro atoms. The summed E-state index contributed by atoms with van der Waals surface area (Å²) in [6.07, 6.45) is 0.631. The van der Waals surface area contributed by atoms with E-state index in [4.69, 9.17) is 26.3 Å². The average molecular weight is 665 g/mol. The van der Waals surface area contributed by atoms with Crippen molar-refractivity contribution in [3.8, 4) is 12.1 Å². The van der Waals surface area contributed by atoms with E-state index in [9.17, 15) is 18.8 Å². The average Bonchev–Trinajstić information content (AvgIpc) is 3.03. The first-order valence-electron chi connectivity index (χ1n) is 15.7. The molecule has 3 aliphatic heterocycles. The number of nitrogens with zero attached hydrogens (tertiary/aromatic N) is 8. The van der Waals surface area contributed by atoms with E-state index >= 15 is 0 Å². The van der Waals surface area contributed by atoms with E-state index in [0.29, 0.717) is 50.4 Å². The maximum Gasteiger partial charge on any atom is 0.318 e. The summed E-state index contributed by atoms with van der Waals surface area (Å²) in [6, 6.07) is 10.8. The fourth-order valence-electron chi connectivity index (χ4n) is 7.45. The lowest BCUT2D eigenvalue weighted by Crippen LogP contribution is -2.61. The summed E-state index contributed by atoms with van der Waals surface area (Å²) in [5.74, 6) is -1.62. The second kappa shape index (κ2) is 13.2. The zero-order valence-corrected chi connectivity index (χ0v) is 27.7. The number of aromatic nitrogens is 2. The van der Waals surface area contributed by atoms with Gasteiger partial charge in [0, 0.05) is 67.9 Å². The zero-order chi connectivity index (χ0) is 33.5. The molecule has 0 saturated carbocycles. The quantitative estimate of drug-likeness (QED) is 0.311. The molecule has 1 atom stereocenters. The van der Waals surface area contributed by atoms with Gasteiger partial charge in [0.15, 0.2) is 5.83 Å². The van der Waals surface area contributed by atoms with E-state index in [-0.39, 0.29) is 29.4 Å². The van der Waals surface area contributed by atoms with Gasteiger partial charge in [-0.25, -0.2) is 8.78 Å². The normalized spacial score (nSPS) is 19.4. The predicted octanol–water partition coefficient (Wildman–Crippen LogP) is 4.27. The Kier molecular flexibility index (Phi) is 9.25. The third-order valence-corrected chi connectivity index (χ3v) is 9.62. The van der Waals surface area contributed by atoms with Gasteiger partial charge in [-0.2, -0.15) is 15.2 Å². The van der Waals surface area contributed by atoms with E-state index in [1.54, 1.807) is 6.07 Å². The first-order chi connectivity index (χ1) is 22.5. The van der Waals surface area contributed by atoms with Gasteiger partial charge >= 0.3 is 6.01 Å². The SMILES string of the molecule is C=C(F)C(=O)N1CCN(c2nc(OCC3(CN(C)C)CN(C)C3)nc3c2CCN(c2cccc4ccc(F)c(Cl)c24)C3)CC1CC#N. The van der Waals surface area contributed by atoms with Crippen LogP contribution in [0.1, 0.15) is 17.7 Å². The number of hydrogen-bond donors (Lipinski definition) is 0. The number of anilines is 2. The van der Waals surface area contributed by atoms with Gasteiger partial charge in [-0.05, 0) is 45.1 Å². The van der Waals surface area contributed by atoms with Crippen LogP contribution in [0.2, 0.25) is 5.02 Å². The molecule has 0 radical (unpaired) electrons. The Morgan fingerprint density at radius 2 is 1.98 bits per heavy atom. The number of benzene rings is 2. The Labute approximate surface area is 278 Å². The predicted molar refractivity (Wildman–Crippen MR) is 178 cm³/mol. The van der Waals surface area contributed by atoms with E-state index < -0.39 is 23.6 Å². The Balaban J connectivity index is 1.35. The summed E-state index contributed by atoms with van der Waals surface area (Å²) in [5.41, 5.74) is 2.48. The molecule has 10 nitrogen and oxygen atoms in total. The number of nitriles is 1. The van der Waals surface area contributed by atoms with E-state index in [1.807, 2.05) is 37.2 Å². The van der Waals surface area contributed by atoms with E-state index in [0.717, 1.165) is 42.0 Å². The summed E-state index contributed by atoms with van der Waals surface area (Å²) in [7, 11) is 6.18. The lowest BCUT2D eigenvalue weighted by Gasteiger charge is -2.49. The summed E-state index contributed by atoms with van der Waals surface area (Å²) in [6.45, 7) is 8.18. The van der Waals surface area contributed by atoms with Crippen molar-refractivity contribution in [2.24, 2.45) is 5.41 Å². The van der Waals surface area contributed by atoms with Crippen LogP contribution < -0.4 is 14.5 Å². The highest BCUT2D eigenvalue weighted by atomic mass is 35.5. The molecule has 4 heterocycles. The van der Waals surface area contributed by atoms with Crippen LogP contribution in [0.3, 0.4) is 0 Å². The number of piperazine rings is 1. The van der Waals surface area contributed by atoms with Crippen molar-refractivity contribution in [1.82, 2.24) is 24.7 Å². The number of fused-ring (bicyclic) bond motifs is 2. The standard InChI is InChI=1S/C34H39ClF2N8O2/c1-22(36)32(46)45-15-14-44(16-24(45)10-12-38)31-25-11-13-43(28-7-5-6-23-8-9-26(37)30(35)29(23)28)17-27(25)39-33(40-31)47-21-34(18-41(2)3)19-42(4)20-34/h5-9,24H,1,10-11,13-21H2,2-4H3. The van der Waals surface area contributed by atoms with Gasteiger partial charge in [-0.1, -0.05) is 36.4 Å². The minimum atomic E-state index is -1.04. The zero-order valence-electron chi connectivity index (χ0n) is 27.0. The third kappa shape index (κ3) is 6.57. The van der Waals surface area contributed by atoms with Crippen LogP contribution in [0.25, 0.3) is 10.8 Å². The van der Waals surface area contributed by atoms with Gasteiger partial charge in [-0.15, -0.1) is 0 Å². The van der Waals surface area contributed by atoms with E-state index in [2.05, 4.69) is 34.4 Å². The number of ether oxygens (including phenoxy) is 1. The van der Waals surface area contributed by atoms with Crippen molar-refractivity contribution in [2.45, 2.75) is 25.4 Å². The Hall–Kier alpha value is -4.05. The highest BCUT2D eigenvalue weighted by Crippen LogP contribution is 2.39. The smallest absolute Gasteiger partial charge is 0.318 e. The molecule has 2 fully saturated rings. The van der Waals surface area contributed by atoms with Gasteiger partial charge in [0.2, 0.25) is 0 Å². The third-order valence-electron chi connectivity index (χ3n) is 9.25. The molecule has 1 unspecified atom stereocenters. The monoisotopic (exact) mass is 664 g/mol. The minimum absolute atomic E-state index is 0.0406. The van der Waals surface area contributed by atoms with E-state index in [1.165, 1.54) is 11.0 Å². The van der Waals surface area contributed by atoms with Gasteiger partial charge in [0.05, 0.1) is 35.8 Å². The molecule has 3 aromatic rings. The number of rotatable bonds is 9. The van der Waals surface area contributed by atoms with Crippen molar-refractivity contribution in [3.63, 3.8) is 0 Å². The number of halogens is 3. The molecule has 0 aliphatic carbocycles. The number of carbonyl (C=O) groups is 1. The fourth-order valence-corrected chi connectivity index (χ4v) is 7.72. The molecule has 0 bridgehead atoms. The van der Waals surface area contributed by atoms with Crippen LogP contribution in [-0.2, 0) is 17.8 Å². The van der Waals surface area contributed by atoms with Crippen molar-refractivity contribution < 1.29 is 18.3 Å². The van der Waals surface area contributed by atoms with Crippen LogP contribution >= 0.6 is 11.6 Å². The van der Waals surface area contributed by atoms with Crippen LogP contribution in [-0.4, -0.2) is 110 Å².